The number of aryl methyl sites for hydroxylation is 1. The van der Waals surface area contributed by atoms with Crippen molar-refractivity contribution in [2.75, 3.05) is 32.8 Å². The number of aliphatic hydroxyl groups is 1. The highest BCUT2D eigenvalue weighted by Crippen LogP contribution is 2.28. The molecule has 2 aromatic rings. The zero-order chi connectivity index (χ0) is 18.4. The molecule has 0 aliphatic carbocycles. The number of carbonyl (C=O) groups is 1. The molecule has 2 aromatic carbocycles. The van der Waals surface area contributed by atoms with Gasteiger partial charge in [0.2, 0.25) is 5.91 Å². The number of piperazine rings is 1. The first-order valence-corrected chi connectivity index (χ1v) is 9.02. The zero-order valence-electron chi connectivity index (χ0n) is 15.1. The molecule has 5 heteroatoms. The number of rotatable bonds is 7. The molecule has 0 aromatic heterocycles. The molecule has 0 spiro atoms. The van der Waals surface area contributed by atoms with Crippen LogP contribution >= 0.6 is 0 Å². The molecular formula is C21H26N2O3. The standard InChI is InChI=1S/C21H26N2O3/c1-16-7-5-6-10-19(16)21(17-8-3-2-4-9-17)26-15-18(24)13-23-12-11-22-20(25)14-23/h2-10,18,21,24H,11-15H2,1H3,(H,22,25)/t18-,21-/m0/s1. The van der Waals surface area contributed by atoms with Crippen molar-refractivity contribution in [3.63, 3.8) is 0 Å². The molecule has 0 bridgehead atoms. The molecule has 3 rings (SSSR count). The molecule has 1 saturated heterocycles. The van der Waals surface area contributed by atoms with Crippen molar-refractivity contribution < 1.29 is 14.6 Å². The Morgan fingerprint density at radius 1 is 1.15 bits per heavy atom. The highest BCUT2D eigenvalue weighted by molar-refractivity contribution is 5.78. The molecule has 138 valence electrons. The molecule has 26 heavy (non-hydrogen) atoms. The number of amides is 1. The van der Waals surface area contributed by atoms with Gasteiger partial charge in [0.05, 0.1) is 19.3 Å². The van der Waals surface area contributed by atoms with Gasteiger partial charge in [0.15, 0.2) is 0 Å². The van der Waals surface area contributed by atoms with Gasteiger partial charge in [0.1, 0.15) is 6.10 Å². The maximum Gasteiger partial charge on any atom is 0.234 e. The fourth-order valence-electron chi connectivity index (χ4n) is 3.28. The molecule has 5 nitrogen and oxygen atoms in total. The number of aliphatic hydroxyl groups excluding tert-OH is 1. The van der Waals surface area contributed by atoms with E-state index in [2.05, 4.69) is 24.4 Å². The van der Waals surface area contributed by atoms with E-state index in [4.69, 9.17) is 4.74 Å². The average molecular weight is 354 g/mol. The summed E-state index contributed by atoms with van der Waals surface area (Å²) in [5, 5.41) is 13.2. The number of ether oxygens (including phenoxy) is 1. The molecule has 1 aliphatic heterocycles. The molecule has 1 aliphatic rings. The van der Waals surface area contributed by atoms with Gasteiger partial charge in [-0.05, 0) is 23.6 Å². The molecule has 0 radical (unpaired) electrons. The van der Waals surface area contributed by atoms with Crippen LogP contribution in [0.5, 0.6) is 0 Å². The van der Waals surface area contributed by atoms with Crippen molar-refractivity contribution in [1.29, 1.82) is 0 Å². The molecule has 1 amide bonds. The van der Waals surface area contributed by atoms with Crippen LogP contribution < -0.4 is 5.32 Å². The zero-order valence-corrected chi connectivity index (χ0v) is 15.1. The van der Waals surface area contributed by atoms with Gasteiger partial charge in [-0.15, -0.1) is 0 Å². The van der Waals surface area contributed by atoms with Crippen LogP contribution in [-0.4, -0.2) is 54.8 Å². The van der Waals surface area contributed by atoms with Gasteiger partial charge in [-0.3, -0.25) is 9.69 Å². The summed E-state index contributed by atoms with van der Waals surface area (Å²) in [6.45, 7) is 4.42. The predicted molar refractivity (Wildman–Crippen MR) is 101 cm³/mol. The van der Waals surface area contributed by atoms with E-state index in [0.29, 0.717) is 19.6 Å². The van der Waals surface area contributed by atoms with Gasteiger partial charge in [-0.25, -0.2) is 0 Å². The Morgan fingerprint density at radius 3 is 2.62 bits per heavy atom. The quantitative estimate of drug-likeness (QED) is 0.797. The van der Waals surface area contributed by atoms with Crippen LogP contribution in [-0.2, 0) is 9.53 Å². The number of nitrogens with one attached hydrogen (secondary N) is 1. The number of β-amino-alcohol motifs (C(OH)–C–C–N with tert-alkyl or cyclic N) is 1. The second-order valence-electron chi connectivity index (χ2n) is 6.72. The molecule has 1 heterocycles. The van der Waals surface area contributed by atoms with E-state index in [1.165, 1.54) is 0 Å². The maximum absolute atomic E-state index is 11.5. The predicted octanol–water partition coefficient (Wildman–Crippen LogP) is 1.89. The lowest BCUT2D eigenvalue weighted by atomic mass is 9.97. The monoisotopic (exact) mass is 354 g/mol. The average Bonchev–Trinajstić information content (AvgIpc) is 2.64. The molecule has 2 N–H and O–H groups in total. The minimum absolute atomic E-state index is 0.00596. The highest BCUT2D eigenvalue weighted by atomic mass is 16.5. The number of nitrogens with zero attached hydrogens (tertiary/aromatic N) is 1. The Morgan fingerprint density at radius 2 is 1.88 bits per heavy atom. The minimum atomic E-state index is -0.642. The van der Waals surface area contributed by atoms with Gasteiger partial charge in [-0.1, -0.05) is 54.6 Å². The van der Waals surface area contributed by atoms with Crippen LogP contribution in [0.4, 0.5) is 0 Å². The number of hydrogen-bond donors (Lipinski definition) is 2. The molecular weight excluding hydrogens is 328 g/mol. The largest absolute Gasteiger partial charge is 0.389 e. The molecule has 1 fully saturated rings. The second-order valence-corrected chi connectivity index (χ2v) is 6.72. The van der Waals surface area contributed by atoms with E-state index >= 15 is 0 Å². The smallest absolute Gasteiger partial charge is 0.234 e. The van der Waals surface area contributed by atoms with Crippen molar-refractivity contribution in [2.24, 2.45) is 0 Å². The third kappa shape index (κ3) is 4.91. The summed E-state index contributed by atoms with van der Waals surface area (Å²) in [5.41, 5.74) is 3.32. The fourth-order valence-corrected chi connectivity index (χ4v) is 3.28. The van der Waals surface area contributed by atoms with E-state index < -0.39 is 6.10 Å². The van der Waals surface area contributed by atoms with Crippen molar-refractivity contribution in [1.82, 2.24) is 10.2 Å². The summed E-state index contributed by atoms with van der Waals surface area (Å²) < 4.78 is 6.15. The first-order valence-electron chi connectivity index (χ1n) is 9.02. The number of carbonyl (C=O) groups excluding carboxylic acids is 1. The summed E-state index contributed by atoms with van der Waals surface area (Å²) in [7, 11) is 0. The van der Waals surface area contributed by atoms with Gasteiger partial charge >= 0.3 is 0 Å². The van der Waals surface area contributed by atoms with Gasteiger partial charge in [-0.2, -0.15) is 0 Å². The van der Waals surface area contributed by atoms with E-state index in [-0.39, 0.29) is 18.6 Å². The SMILES string of the molecule is Cc1ccccc1[C@@H](OC[C@@H](O)CN1CCNC(=O)C1)c1ccccc1. The normalized spacial score (nSPS) is 17.5. The van der Waals surface area contributed by atoms with Gasteiger partial charge < -0.3 is 15.2 Å². The second kappa shape index (κ2) is 8.94. The Balaban J connectivity index is 1.66. The lowest BCUT2D eigenvalue weighted by Gasteiger charge is -2.29. The van der Waals surface area contributed by atoms with Crippen LogP contribution in [0.2, 0.25) is 0 Å². The van der Waals surface area contributed by atoms with Crippen LogP contribution in [0.3, 0.4) is 0 Å². The van der Waals surface area contributed by atoms with Crippen LogP contribution in [0.1, 0.15) is 22.8 Å². The third-order valence-corrected chi connectivity index (χ3v) is 4.61. The summed E-state index contributed by atoms with van der Waals surface area (Å²) in [4.78, 5) is 13.4. The first kappa shape index (κ1) is 18.6. The molecule has 0 unspecified atom stereocenters. The van der Waals surface area contributed by atoms with Crippen LogP contribution in [0, 0.1) is 6.92 Å². The van der Waals surface area contributed by atoms with Crippen molar-refractivity contribution >= 4 is 5.91 Å². The first-order chi connectivity index (χ1) is 12.6. The Labute approximate surface area is 154 Å². The Hall–Kier alpha value is -2.21. The van der Waals surface area contributed by atoms with E-state index in [0.717, 1.165) is 23.2 Å². The highest BCUT2D eigenvalue weighted by Gasteiger charge is 2.22. The fraction of sp³-hybridized carbons (Fsp3) is 0.381. The van der Waals surface area contributed by atoms with Crippen LogP contribution in [0.25, 0.3) is 0 Å². The lowest BCUT2D eigenvalue weighted by Crippen LogP contribution is -2.50. The number of hydrogen-bond acceptors (Lipinski definition) is 4. The summed E-state index contributed by atoms with van der Waals surface area (Å²) in [5.74, 6) is 0.00596. The summed E-state index contributed by atoms with van der Waals surface area (Å²) >= 11 is 0. The Bertz CT molecular complexity index is 720. The minimum Gasteiger partial charge on any atom is -0.389 e. The summed E-state index contributed by atoms with van der Waals surface area (Å²) in [6, 6.07) is 18.2. The van der Waals surface area contributed by atoms with Crippen molar-refractivity contribution in [2.45, 2.75) is 19.1 Å². The number of benzene rings is 2. The van der Waals surface area contributed by atoms with E-state index in [9.17, 15) is 9.90 Å². The van der Waals surface area contributed by atoms with E-state index in [1.54, 1.807) is 0 Å². The molecule has 0 saturated carbocycles. The maximum atomic E-state index is 11.5. The lowest BCUT2D eigenvalue weighted by molar-refractivity contribution is -0.124. The van der Waals surface area contributed by atoms with Gasteiger partial charge in [0.25, 0.3) is 0 Å². The van der Waals surface area contributed by atoms with Crippen molar-refractivity contribution in [3.05, 3.63) is 71.3 Å². The topological polar surface area (TPSA) is 61.8 Å². The van der Waals surface area contributed by atoms with Gasteiger partial charge in [0, 0.05) is 19.6 Å². The van der Waals surface area contributed by atoms with Crippen LogP contribution in [0.15, 0.2) is 54.6 Å². The Kier molecular flexibility index (Phi) is 6.39. The third-order valence-electron chi connectivity index (χ3n) is 4.61. The summed E-state index contributed by atoms with van der Waals surface area (Å²) in [6.07, 6.45) is -0.868. The van der Waals surface area contributed by atoms with E-state index in [1.807, 2.05) is 47.4 Å². The van der Waals surface area contributed by atoms with Crippen molar-refractivity contribution in [3.8, 4) is 0 Å². The molecule has 2 atom stereocenters.